The summed E-state index contributed by atoms with van der Waals surface area (Å²) >= 11 is 7.08. The quantitative estimate of drug-likeness (QED) is 0.835. The van der Waals surface area contributed by atoms with E-state index in [0.717, 1.165) is 11.8 Å². The van der Waals surface area contributed by atoms with Crippen LogP contribution in [0.1, 0.15) is 18.6 Å². The van der Waals surface area contributed by atoms with Crippen molar-refractivity contribution in [2.24, 2.45) is 0 Å². The smallest absolute Gasteiger partial charge is 0.185 e. The van der Waals surface area contributed by atoms with Crippen molar-refractivity contribution in [1.29, 1.82) is 0 Å². The van der Waals surface area contributed by atoms with Gasteiger partial charge in [0.15, 0.2) is 16.6 Å². The van der Waals surface area contributed by atoms with Crippen LogP contribution in [0.15, 0.2) is 12.1 Å². The minimum Gasteiger partial charge on any atom is -0.493 e. The van der Waals surface area contributed by atoms with Gasteiger partial charge in [-0.05, 0) is 6.07 Å². The van der Waals surface area contributed by atoms with E-state index in [1.54, 1.807) is 12.1 Å². The average molecular weight is 321 g/mol. The van der Waals surface area contributed by atoms with E-state index in [9.17, 15) is 15.0 Å². The van der Waals surface area contributed by atoms with Crippen molar-refractivity contribution in [2.45, 2.75) is 19.1 Å². The Morgan fingerprint density at radius 3 is 2.50 bits per heavy atom. The number of halogens is 1. The summed E-state index contributed by atoms with van der Waals surface area (Å²) in [5.74, 6) is 0.805. The fourth-order valence-corrected chi connectivity index (χ4v) is 2.57. The van der Waals surface area contributed by atoms with Crippen molar-refractivity contribution in [3.05, 3.63) is 22.7 Å². The molecule has 2 unspecified atom stereocenters. The Labute approximate surface area is 126 Å². The standard InChI is InChI=1S/C13H17ClO5S/c1-7(15)20-6-9(16)12(17)8-4-5-10(18-2)13(19-3)11(8)14/h4-5,9,12,16-17H,6H2,1-3H3. The minimum absolute atomic E-state index is 0.0845. The van der Waals surface area contributed by atoms with Crippen LogP contribution in [0, 0.1) is 0 Å². The normalized spacial score (nSPS) is 13.7. The Morgan fingerprint density at radius 2 is 2.00 bits per heavy atom. The number of rotatable bonds is 6. The Balaban J connectivity index is 2.98. The molecule has 1 aromatic rings. The Kier molecular flexibility index (Phi) is 6.61. The van der Waals surface area contributed by atoms with Gasteiger partial charge in [0.05, 0.1) is 25.3 Å². The molecule has 112 valence electrons. The number of methoxy groups -OCH3 is 2. The lowest BCUT2D eigenvalue weighted by Crippen LogP contribution is -2.21. The van der Waals surface area contributed by atoms with Gasteiger partial charge in [0.25, 0.3) is 0 Å². The van der Waals surface area contributed by atoms with Crippen molar-refractivity contribution in [2.75, 3.05) is 20.0 Å². The van der Waals surface area contributed by atoms with E-state index in [1.807, 2.05) is 0 Å². The minimum atomic E-state index is -1.21. The lowest BCUT2D eigenvalue weighted by Gasteiger charge is -2.20. The SMILES string of the molecule is COc1ccc(C(O)C(O)CSC(C)=O)c(Cl)c1OC. The number of carbonyl (C=O) groups is 1. The van der Waals surface area contributed by atoms with Crippen molar-refractivity contribution in [1.82, 2.24) is 0 Å². The van der Waals surface area contributed by atoms with Gasteiger partial charge in [-0.3, -0.25) is 4.79 Å². The van der Waals surface area contributed by atoms with Gasteiger partial charge in [-0.2, -0.15) is 0 Å². The van der Waals surface area contributed by atoms with Crippen LogP contribution in [-0.2, 0) is 4.79 Å². The molecule has 1 rings (SSSR count). The van der Waals surface area contributed by atoms with Gasteiger partial charge in [0.2, 0.25) is 0 Å². The van der Waals surface area contributed by atoms with Crippen molar-refractivity contribution >= 4 is 28.5 Å². The molecule has 0 saturated carbocycles. The first-order valence-electron chi connectivity index (χ1n) is 5.82. The summed E-state index contributed by atoms with van der Waals surface area (Å²) in [7, 11) is 2.91. The predicted octanol–water partition coefficient (Wildman–Crippen LogP) is 2.03. The first-order chi connectivity index (χ1) is 9.42. The van der Waals surface area contributed by atoms with Crippen LogP contribution < -0.4 is 9.47 Å². The third kappa shape index (κ3) is 4.02. The van der Waals surface area contributed by atoms with E-state index < -0.39 is 12.2 Å². The van der Waals surface area contributed by atoms with Gasteiger partial charge >= 0.3 is 0 Å². The number of benzene rings is 1. The molecular formula is C13H17ClO5S. The van der Waals surface area contributed by atoms with Gasteiger partial charge in [-0.1, -0.05) is 29.4 Å². The summed E-state index contributed by atoms with van der Waals surface area (Å²) in [5.41, 5.74) is 0.320. The first kappa shape index (κ1) is 17.1. The molecule has 0 spiro atoms. The highest BCUT2D eigenvalue weighted by molar-refractivity contribution is 8.13. The molecule has 0 saturated heterocycles. The third-order valence-corrected chi connectivity index (χ3v) is 3.96. The number of hydrogen-bond acceptors (Lipinski definition) is 6. The Bertz CT molecular complexity index is 480. The summed E-state index contributed by atoms with van der Waals surface area (Å²) in [6.07, 6.45) is -2.33. The third-order valence-electron chi connectivity index (χ3n) is 2.66. The lowest BCUT2D eigenvalue weighted by atomic mass is 10.0. The molecule has 0 aliphatic carbocycles. The van der Waals surface area contributed by atoms with E-state index >= 15 is 0 Å². The second-order valence-electron chi connectivity index (χ2n) is 4.02. The number of carbonyl (C=O) groups excluding carboxylic acids is 1. The number of thioether (sulfide) groups is 1. The number of aliphatic hydroxyl groups is 2. The molecule has 5 nitrogen and oxygen atoms in total. The van der Waals surface area contributed by atoms with Gasteiger partial charge < -0.3 is 19.7 Å². The van der Waals surface area contributed by atoms with Crippen LogP contribution in [-0.4, -0.2) is 41.4 Å². The Hall–Kier alpha value is -0.950. The highest BCUT2D eigenvalue weighted by atomic mass is 35.5. The van der Waals surface area contributed by atoms with Gasteiger partial charge in [-0.25, -0.2) is 0 Å². The molecule has 0 fully saturated rings. The maximum absolute atomic E-state index is 10.9. The van der Waals surface area contributed by atoms with Gasteiger partial charge in [0, 0.05) is 18.2 Å². The second-order valence-corrected chi connectivity index (χ2v) is 5.59. The van der Waals surface area contributed by atoms with E-state index in [-0.39, 0.29) is 21.6 Å². The molecule has 0 amide bonds. The highest BCUT2D eigenvalue weighted by Gasteiger charge is 2.24. The van der Waals surface area contributed by atoms with Crippen molar-refractivity contribution in [3.63, 3.8) is 0 Å². The molecule has 7 heteroatoms. The van der Waals surface area contributed by atoms with E-state index in [1.165, 1.54) is 21.1 Å². The van der Waals surface area contributed by atoms with Gasteiger partial charge in [-0.15, -0.1) is 0 Å². The summed E-state index contributed by atoms with van der Waals surface area (Å²) in [5, 5.41) is 20.0. The second kappa shape index (κ2) is 7.73. The van der Waals surface area contributed by atoms with Crippen LogP contribution >= 0.6 is 23.4 Å². The van der Waals surface area contributed by atoms with E-state index in [2.05, 4.69) is 0 Å². The van der Waals surface area contributed by atoms with Crippen LogP contribution in [0.3, 0.4) is 0 Å². The van der Waals surface area contributed by atoms with E-state index in [4.69, 9.17) is 21.1 Å². The van der Waals surface area contributed by atoms with Crippen LogP contribution in [0.25, 0.3) is 0 Å². The molecule has 0 aromatic heterocycles. The zero-order valence-corrected chi connectivity index (χ0v) is 13.0. The number of ether oxygens (including phenoxy) is 2. The monoisotopic (exact) mass is 320 g/mol. The molecule has 0 bridgehead atoms. The molecule has 0 aliphatic heterocycles. The number of aliphatic hydroxyl groups excluding tert-OH is 2. The number of hydrogen-bond donors (Lipinski definition) is 2. The van der Waals surface area contributed by atoms with Crippen molar-refractivity contribution in [3.8, 4) is 11.5 Å². The van der Waals surface area contributed by atoms with Crippen LogP contribution in [0.5, 0.6) is 11.5 Å². The summed E-state index contributed by atoms with van der Waals surface area (Å²) in [6.45, 7) is 1.40. The molecule has 20 heavy (non-hydrogen) atoms. The highest BCUT2D eigenvalue weighted by Crippen LogP contribution is 2.40. The fraction of sp³-hybridized carbons (Fsp3) is 0.462. The fourth-order valence-electron chi connectivity index (χ4n) is 1.63. The maximum Gasteiger partial charge on any atom is 0.185 e. The average Bonchev–Trinajstić information content (AvgIpc) is 2.43. The van der Waals surface area contributed by atoms with Crippen LogP contribution in [0.4, 0.5) is 0 Å². The summed E-state index contributed by atoms with van der Waals surface area (Å²) in [4.78, 5) is 10.9. The van der Waals surface area contributed by atoms with Crippen LogP contribution in [0.2, 0.25) is 5.02 Å². The molecule has 0 radical (unpaired) electrons. The van der Waals surface area contributed by atoms with E-state index in [0.29, 0.717) is 11.3 Å². The molecule has 0 aliphatic rings. The molecule has 2 atom stereocenters. The molecular weight excluding hydrogens is 304 g/mol. The zero-order chi connectivity index (χ0) is 15.3. The molecule has 2 N–H and O–H groups in total. The zero-order valence-electron chi connectivity index (χ0n) is 11.4. The lowest BCUT2D eigenvalue weighted by molar-refractivity contribution is -0.109. The molecule has 1 aromatic carbocycles. The Morgan fingerprint density at radius 1 is 1.35 bits per heavy atom. The summed E-state index contributed by atoms with van der Waals surface area (Å²) in [6, 6.07) is 3.14. The molecule has 0 heterocycles. The van der Waals surface area contributed by atoms with Crippen molar-refractivity contribution < 1.29 is 24.5 Å². The van der Waals surface area contributed by atoms with Gasteiger partial charge in [0.1, 0.15) is 6.10 Å². The first-order valence-corrected chi connectivity index (χ1v) is 7.18. The topological polar surface area (TPSA) is 76.0 Å². The summed E-state index contributed by atoms with van der Waals surface area (Å²) < 4.78 is 10.2. The predicted molar refractivity (Wildman–Crippen MR) is 78.7 cm³/mol. The largest absolute Gasteiger partial charge is 0.493 e. The maximum atomic E-state index is 10.9.